The standard InChI is InChI=1S/C11H10N2O3/c1-7(14)16-13-11(15)9-6-12-10-5-3-2-4-8(9)10/h2-6,12H,1H3,(H,13,15). The minimum absolute atomic E-state index is 0.442. The largest absolute Gasteiger partial charge is 0.360 e. The molecule has 82 valence electrons. The van der Waals surface area contributed by atoms with Gasteiger partial charge in [-0.2, -0.15) is 5.48 Å². The normalized spacial score (nSPS) is 10.1. The van der Waals surface area contributed by atoms with Gasteiger partial charge in [-0.1, -0.05) is 18.2 Å². The highest BCUT2D eigenvalue weighted by atomic mass is 16.7. The van der Waals surface area contributed by atoms with E-state index < -0.39 is 11.9 Å². The summed E-state index contributed by atoms with van der Waals surface area (Å²) in [6.45, 7) is 1.22. The van der Waals surface area contributed by atoms with E-state index in [9.17, 15) is 9.59 Å². The SMILES string of the molecule is CC(=O)ONC(=O)c1c[nH]c2ccccc12. The number of carbonyl (C=O) groups is 2. The molecule has 5 nitrogen and oxygen atoms in total. The van der Waals surface area contributed by atoms with E-state index in [4.69, 9.17) is 0 Å². The summed E-state index contributed by atoms with van der Waals surface area (Å²) in [5.41, 5.74) is 3.37. The van der Waals surface area contributed by atoms with Crippen molar-refractivity contribution in [1.29, 1.82) is 0 Å². The summed E-state index contributed by atoms with van der Waals surface area (Å²) in [5, 5.41) is 0.784. The van der Waals surface area contributed by atoms with Crippen LogP contribution in [0.4, 0.5) is 0 Å². The maximum atomic E-state index is 11.6. The van der Waals surface area contributed by atoms with E-state index in [0.29, 0.717) is 5.56 Å². The first-order chi connectivity index (χ1) is 7.68. The number of benzene rings is 1. The molecular formula is C11H10N2O3. The maximum Gasteiger partial charge on any atom is 0.329 e. The average molecular weight is 218 g/mol. The van der Waals surface area contributed by atoms with Crippen LogP contribution in [0.5, 0.6) is 0 Å². The molecule has 0 atom stereocenters. The average Bonchev–Trinajstić information content (AvgIpc) is 2.69. The lowest BCUT2D eigenvalue weighted by Crippen LogP contribution is -2.25. The van der Waals surface area contributed by atoms with Crippen molar-refractivity contribution < 1.29 is 14.4 Å². The van der Waals surface area contributed by atoms with Crippen LogP contribution < -0.4 is 5.48 Å². The Kier molecular flexibility index (Phi) is 2.59. The molecule has 2 rings (SSSR count). The van der Waals surface area contributed by atoms with E-state index in [1.807, 2.05) is 24.3 Å². The highest BCUT2D eigenvalue weighted by Gasteiger charge is 2.12. The number of rotatable bonds is 1. The first-order valence-corrected chi connectivity index (χ1v) is 4.72. The predicted octanol–water partition coefficient (Wildman–Crippen LogP) is 1.38. The first kappa shape index (κ1) is 10.2. The molecule has 2 aromatic rings. The van der Waals surface area contributed by atoms with Crippen LogP contribution >= 0.6 is 0 Å². The Labute approximate surface area is 91.4 Å². The Morgan fingerprint density at radius 2 is 2.06 bits per heavy atom. The molecule has 1 heterocycles. The summed E-state index contributed by atoms with van der Waals surface area (Å²) in [7, 11) is 0. The Morgan fingerprint density at radius 1 is 1.31 bits per heavy atom. The minimum Gasteiger partial charge on any atom is -0.360 e. The lowest BCUT2D eigenvalue weighted by atomic mass is 10.2. The second kappa shape index (κ2) is 4.06. The number of hydroxylamine groups is 1. The van der Waals surface area contributed by atoms with Crippen molar-refractivity contribution in [2.24, 2.45) is 0 Å². The molecule has 2 N–H and O–H groups in total. The number of fused-ring (bicyclic) bond motifs is 1. The van der Waals surface area contributed by atoms with Crippen LogP contribution in [-0.2, 0) is 9.63 Å². The Balaban J connectivity index is 2.26. The number of H-pyrrole nitrogens is 1. The molecule has 16 heavy (non-hydrogen) atoms. The Morgan fingerprint density at radius 3 is 2.81 bits per heavy atom. The van der Waals surface area contributed by atoms with Crippen LogP contribution in [0.15, 0.2) is 30.5 Å². The molecule has 0 aliphatic carbocycles. The van der Waals surface area contributed by atoms with Gasteiger partial charge in [0.1, 0.15) is 0 Å². The van der Waals surface area contributed by atoms with Gasteiger partial charge in [0.15, 0.2) is 0 Å². The van der Waals surface area contributed by atoms with Gasteiger partial charge in [0.2, 0.25) is 0 Å². The molecule has 0 spiro atoms. The van der Waals surface area contributed by atoms with Crippen LogP contribution in [0.2, 0.25) is 0 Å². The van der Waals surface area contributed by atoms with Crippen LogP contribution in [0.3, 0.4) is 0 Å². The van der Waals surface area contributed by atoms with E-state index in [0.717, 1.165) is 10.9 Å². The zero-order valence-electron chi connectivity index (χ0n) is 8.61. The molecule has 0 saturated carbocycles. The van der Waals surface area contributed by atoms with Gasteiger partial charge in [-0.05, 0) is 6.07 Å². The predicted molar refractivity (Wildman–Crippen MR) is 57.5 cm³/mol. The first-order valence-electron chi connectivity index (χ1n) is 4.72. The summed E-state index contributed by atoms with van der Waals surface area (Å²) in [6.07, 6.45) is 1.57. The van der Waals surface area contributed by atoms with Gasteiger partial charge in [-0.15, -0.1) is 0 Å². The zero-order chi connectivity index (χ0) is 11.5. The number of aromatic amines is 1. The maximum absolute atomic E-state index is 11.6. The number of para-hydroxylation sites is 1. The Bertz CT molecular complexity index is 545. The van der Waals surface area contributed by atoms with Crippen LogP contribution in [0.1, 0.15) is 17.3 Å². The molecule has 0 unspecified atom stereocenters. The van der Waals surface area contributed by atoms with Gasteiger partial charge >= 0.3 is 5.97 Å². The number of amides is 1. The van der Waals surface area contributed by atoms with E-state index in [-0.39, 0.29) is 0 Å². The molecule has 1 aromatic heterocycles. The molecular weight excluding hydrogens is 208 g/mol. The third-order valence-electron chi connectivity index (χ3n) is 2.12. The second-order valence-corrected chi connectivity index (χ2v) is 3.27. The lowest BCUT2D eigenvalue weighted by Gasteiger charge is -2.01. The number of hydrogen-bond donors (Lipinski definition) is 2. The number of hydrogen-bond acceptors (Lipinski definition) is 3. The Hall–Kier alpha value is -2.30. The number of aromatic nitrogens is 1. The smallest absolute Gasteiger partial charge is 0.329 e. The van der Waals surface area contributed by atoms with Crippen molar-refractivity contribution in [2.45, 2.75) is 6.92 Å². The van der Waals surface area contributed by atoms with E-state index in [1.165, 1.54) is 6.92 Å². The zero-order valence-corrected chi connectivity index (χ0v) is 8.61. The molecule has 0 radical (unpaired) electrons. The van der Waals surface area contributed by atoms with E-state index >= 15 is 0 Å². The van der Waals surface area contributed by atoms with Crippen LogP contribution in [0, 0.1) is 0 Å². The molecule has 0 saturated heterocycles. The highest BCUT2D eigenvalue weighted by Crippen LogP contribution is 2.17. The topological polar surface area (TPSA) is 71.2 Å². The lowest BCUT2D eigenvalue weighted by molar-refractivity contribution is -0.146. The molecule has 1 aromatic carbocycles. The van der Waals surface area contributed by atoms with Gasteiger partial charge in [0.05, 0.1) is 5.56 Å². The molecule has 5 heteroatoms. The summed E-state index contributed by atoms with van der Waals surface area (Å²) in [6, 6.07) is 7.37. The van der Waals surface area contributed by atoms with Crippen molar-refractivity contribution in [1.82, 2.24) is 10.5 Å². The fourth-order valence-corrected chi connectivity index (χ4v) is 1.43. The second-order valence-electron chi connectivity index (χ2n) is 3.27. The number of carbonyl (C=O) groups excluding carboxylic acids is 2. The fourth-order valence-electron chi connectivity index (χ4n) is 1.43. The molecule has 0 fully saturated rings. The molecule has 0 bridgehead atoms. The fraction of sp³-hybridized carbons (Fsp3) is 0.0909. The van der Waals surface area contributed by atoms with Gasteiger partial charge in [-0.3, -0.25) is 9.59 Å². The minimum atomic E-state index is -0.562. The van der Waals surface area contributed by atoms with Crippen molar-refractivity contribution in [3.63, 3.8) is 0 Å². The monoisotopic (exact) mass is 218 g/mol. The van der Waals surface area contributed by atoms with Gasteiger partial charge < -0.3 is 9.82 Å². The van der Waals surface area contributed by atoms with E-state index in [2.05, 4.69) is 15.3 Å². The van der Waals surface area contributed by atoms with Crippen molar-refractivity contribution in [3.8, 4) is 0 Å². The van der Waals surface area contributed by atoms with Gasteiger partial charge in [-0.25, -0.2) is 0 Å². The van der Waals surface area contributed by atoms with Crippen molar-refractivity contribution >= 4 is 22.8 Å². The molecule has 0 aliphatic rings. The summed E-state index contributed by atoms with van der Waals surface area (Å²) in [5.74, 6) is -1.01. The summed E-state index contributed by atoms with van der Waals surface area (Å²) >= 11 is 0. The van der Waals surface area contributed by atoms with Crippen LogP contribution in [-0.4, -0.2) is 16.9 Å². The number of nitrogens with one attached hydrogen (secondary N) is 2. The van der Waals surface area contributed by atoms with E-state index in [1.54, 1.807) is 6.20 Å². The molecule has 1 amide bonds. The molecule has 0 aliphatic heterocycles. The third-order valence-corrected chi connectivity index (χ3v) is 2.12. The quantitative estimate of drug-likeness (QED) is 0.710. The summed E-state index contributed by atoms with van der Waals surface area (Å²) < 4.78 is 0. The van der Waals surface area contributed by atoms with Crippen LogP contribution in [0.25, 0.3) is 10.9 Å². The van der Waals surface area contributed by atoms with Gasteiger partial charge in [0.25, 0.3) is 5.91 Å². The van der Waals surface area contributed by atoms with Crippen molar-refractivity contribution in [2.75, 3.05) is 0 Å². The summed E-state index contributed by atoms with van der Waals surface area (Å²) in [4.78, 5) is 29.5. The third kappa shape index (κ3) is 1.88. The van der Waals surface area contributed by atoms with Crippen molar-refractivity contribution in [3.05, 3.63) is 36.0 Å². The highest BCUT2D eigenvalue weighted by molar-refractivity contribution is 6.06. The van der Waals surface area contributed by atoms with Gasteiger partial charge in [0, 0.05) is 24.0 Å².